The third kappa shape index (κ3) is 4.79. The number of allylic oxidation sites excluding steroid dienone is 3. The maximum Gasteiger partial charge on any atom is 0.231 e. The van der Waals surface area contributed by atoms with Crippen LogP contribution in [0.1, 0.15) is 48.5 Å². The fraction of sp³-hybridized carbons (Fsp3) is 0.226. The molecule has 1 atom stereocenters. The molecule has 8 heteroatoms. The number of hydrogen-bond donors (Lipinski definition) is 1. The molecule has 0 bridgehead atoms. The molecule has 1 aliphatic carbocycles. The van der Waals surface area contributed by atoms with Crippen LogP contribution in [0.2, 0.25) is 10.0 Å². The smallest absolute Gasteiger partial charge is 0.231 e. The Kier molecular flexibility index (Phi) is 6.40. The average Bonchev–Trinajstić information content (AvgIpc) is 3.35. The van der Waals surface area contributed by atoms with E-state index in [4.69, 9.17) is 37.4 Å². The Morgan fingerprint density at radius 1 is 0.949 bits per heavy atom. The molecular formula is C31H25Cl2NO5. The van der Waals surface area contributed by atoms with Crippen molar-refractivity contribution < 1.29 is 23.8 Å². The van der Waals surface area contributed by atoms with Crippen molar-refractivity contribution in [3.05, 3.63) is 111 Å². The summed E-state index contributed by atoms with van der Waals surface area (Å²) in [5, 5.41) is 3.93. The lowest BCUT2D eigenvalue weighted by atomic mass is 9.69. The Labute approximate surface area is 236 Å². The predicted octanol–water partition coefficient (Wildman–Crippen LogP) is 7.69. The number of para-hydroxylation sites is 1. The number of ether oxygens (including phenoxy) is 3. The molecule has 0 aromatic heterocycles. The highest BCUT2D eigenvalue weighted by Crippen LogP contribution is 2.51. The Morgan fingerprint density at radius 2 is 1.72 bits per heavy atom. The van der Waals surface area contributed by atoms with E-state index >= 15 is 0 Å². The van der Waals surface area contributed by atoms with E-state index in [0.29, 0.717) is 46.3 Å². The van der Waals surface area contributed by atoms with Crippen LogP contribution >= 0.6 is 23.2 Å². The minimum Gasteiger partial charge on any atom is -0.454 e. The Balaban J connectivity index is 1.59. The van der Waals surface area contributed by atoms with Crippen molar-refractivity contribution in [3.63, 3.8) is 0 Å². The lowest BCUT2D eigenvalue weighted by Gasteiger charge is -2.39. The van der Waals surface area contributed by atoms with E-state index in [1.54, 1.807) is 18.2 Å². The molecule has 0 amide bonds. The molecule has 0 saturated carbocycles. The van der Waals surface area contributed by atoms with Gasteiger partial charge in [0.05, 0.1) is 16.5 Å². The summed E-state index contributed by atoms with van der Waals surface area (Å²) in [6.45, 7) is 4.18. The van der Waals surface area contributed by atoms with Crippen molar-refractivity contribution in [2.24, 2.45) is 5.41 Å². The van der Waals surface area contributed by atoms with Crippen molar-refractivity contribution in [2.75, 3.05) is 12.1 Å². The van der Waals surface area contributed by atoms with Crippen LogP contribution in [0.5, 0.6) is 11.5 Å². The molecule has 1 N–H and O–H groups in total. The summed E-state index contributed by atoms with van der Waals surface area (Å²) in [7, 11) is 0. The molecule has 6 nitrogen and oxygen atoms in total. The zero-order valence-corrected chi connectivity index (χ0v) is 22.9. The molecule has 2 aliphatic heterocycles. The molecule has 3 aromatic rings. The molecule has 0 fully saturated rings. The van der Waals surface area contributed by atoms with E-state index in [9.17, 15) is 9.59 Å². The summed E-state index contributed by atoms with van der Waals surface area (Å²) in [6, 6.07) is 19.6. The second kappa shape index (κ2) is 9.78. The first-order chi connectivity index (χ1) is 18.7. The maximum atomic E-state index is 14.4. The quantitative estimate of drug-likeness (QED) is 0.322. The van der Waals surface area contributed by atoms with E-state index in [2.05, 4.69) is 5.32 Å². The number of fused-ring (bicyclic) bond motifs is 1. The fourth-order valence-corrected chi connectivity index (χ4v) is 5.86. The minimum absolute atomic E-state index is 0.0600. The molecular weight excluding hydrogens is 537 g/mol. The molecule has 6 rings (SSSR count). The molecule has 0 radical (unpaired) electrons. The molecule has 2 heterocycles. The van der Waals surface area contributed by atoms with Gasteiger partial charge in [0.25, 0.3) is 0 Å². The maximum absolute atomic E-state index is 14.4. The van der Waals surface area contributed by atoms with Crippen LogP contribution in [0, 0.1) is 5.41 Å². The second-order valence-electron chi connectivity index (χ2n) is 10.6. The van der Waals surface area contributed by atoms with Crippen LogP contribution in [0.25, 0.3) is 0 Å². The second-order valence-corrected chi connectivity index (χ2v) is 11.5. The highest BCUT2D eigenvalue weighted by molar-refractivity contribution is 6.37. The normalized spacial score (nSPS) is 19.5. The highest BCUT2D eigenvalue weighted by Gasteiger charge is 2.45. The molecule has 3 aliphatic rings. The predicted molar refractivity (Wildman–Crippen MR) is 149 cm³/mol. The van der Waals surface area contributed by atoms with E-state index < -0.39 is 5.92 Å². The van der Waals surface area contributed by atoms with Crippen molar-refractivity contribution in [3.8, 4) is 11.5 Å². The monoisotopic (exact) mass is 561 g/mol. The number of nitrogens with one attached hydrogen (secondary N) is 1. The Hall–Kier alpha value is -3.74. The largest absolute Gasteiger partial charge is 0.454 e. The first-order valence-corrected chi connectivity index (χ1v) is 13.4. The molecule has 0 spiro atoms. The van der Waals surface area contributed by atoms with E-state index in [-0.39, 0.29) is 45.8 Å². The number of ketones is 2. The number of halogens is 2. The number of anilines is 1. The molecule has 1 unspecified atom stereocenters. The Morgan fingerprint density at radius 3 is 2.49 bits per heavy atom. The van der Waals surface area contributed by atoms with Crippen LogP contribution in [-0.2, 0) is 9.53 Å². The number of hydrogen-bond acceptors (Lipinski definition) is 6. The van der Waals surface area contributed by atoms with Crippen LogP contribution in [0.3, 0.4) is 0 Å². The van der Waals surface area contributed by atoms with Crippen molar-refractivity contribution in [1.29, 1.82) is 0 Å². The molecule has 39 heavy (non-hydrogen) atoms. The van der Waals surface area contributed by atoms with E-state index in [0.717, 1.165) is 5.69 Å². The van der Waals surface area contributed by atoms with Gasteiger partial charge in [0.1, 0.15) is 5.76 Å². The summed E-state index contributed by atoms with van der Waals surface area (Å²) in [6.07, 6.45) is 0.874. The van der Waals surface area contributed by atoms with E-state index in [1.807, 2.05) is 56.3 Å². The molecule has 3 aromatic carbocycles. The molecule has 0 saturated heterocycles. The minimum atomic E-state index is -0.725. The van der Waals surface area contributed by atoms with Gasteiger partial charge in [-0.25, -0.2) is 0 Å². The van der Waals surface area contributed by atoms with Gasteiger partial charge < -0.3 is 19.5 Å². The van der Waals surface area contributed by atoms with Crippen molar-refractivity contribution >= 4 is 40.5 Å². The van der Waals surface area contributed by atoms with Crippen LogP contribution in [0.4, 0.5) is 5.69 Å². The highest BCUT2D eigenvalue weighted by atomic mass is 35.5. The number of carbonyl (C=O) groups excluding carboxylic acids is 2. The first kappa shape index (κ1) is 25.5. The van der Waals surface area contributed by atoms with Gasteiger partial charge in [0.15, 0.2) is 23.1 Å². The first-order valence-electron chi connectivity index (χ1n) is 12.6. The van der Waals surface area contributed by atoms with Gasteiger partial charge in [0.2, 0.25) is 12.7 Å². The molecule has 198 valence electrons. The zero-order valence-electron chi connectivity index (χ0n) is 21.3. The van der Waals surface area contributed by atoms with Gasteiger partial charge in [-0.3, -0.25) is 9.59 Å². The van der Waals surface area contributed by atoms with Crippen LogP contribution < -0.4 is 14.8 Å². The van der Waals surface area contributed by atoms with Gasteiger partial charge in [-0.2, -0.15) is 0 Å². The number of benzene rings is 3. The van der Waals surface area contributed by atoms with Crippen LogP contribution in [-0.4, -0.2) is 18.4 Å². The standard InChI is InChI=1S/C31H25Cl2NO5/c1-31(2)14-22(35)27-25(15-31)39-30(34-19-6-4-3-5-7-19)28(29(36)20-10-9-18(32)13-21(20)33)26(27)17-8-11-23-24(12-17)38-16-37-23/h3-13,26,34H,14-16H2,1-2H3. The summed E-state index contributed by atoms with van der Waals surface area (Å²) in [5.74, 6) is 0.810. The third-order valence-electron chi connectivity index (χ3n) is 7.11. The Bertz CT molecular complexity index is 1580. The summed E-state index contributed by atoms with van der Waals surface area (Å²) >= 11 is 12.7. The topological polar surface area (TPSA) is 73.9 Å². The van der Waals surface area contributed by atoms with Gasteiger partial charge in [-0.05, 0) is 53.4 Å². The van der Waals surface area contributed by atoms with E-state index in [1.165, 1.54) is 6.07 Å². The average molecular weight is 562 g/mol. The summed E-state index contributed by atoms with van der Waals surface area (Å²) in [5.41, 5.74) is 2.15. The fourth-order valence-electron chi connectivity index (χ4n) is 5.37. The van der Waals surface area contributed by atoms with Gasteiger partial charge in [0, 0.05) is 34.7 Å². The number of Topliss-reactive ketones (excluding diaryl/α,β-unsaturated/α-hetero) is 2. The van der Waals surface area contributed by atoms with Gasteiger partial charge in [-0.1, -0.05) is 61.3 Å². The van der Waals surface area contributed by atoms with Gasteiger partial charge in [-0.15, -0.1) is 0 Å². The summed E-state index contributed by atoms with van der Waals surface area (Å²) < 4.78 is 17.6. The lowest BCUT2D eigenvalue weighted by molar-refractivity contribution is -0.119. The van der Waals surface area contributed by atoms with Crippen molar-refractivity contribution in [1.82, 2.24) is 0 Å². The number of carbonyl (C=O) groups is 2. The van der Waals surface area contributed by atoms with Crippen LogP contribution in [0.15, 0.2) is 89.5 Å². The van der Waals surface area contributed by atoms with Gasteiger partial charge >= 0.3 is 0 Å². The lowest BCUT2D eigenvalue weighted by Crippen LogP contribution is -2.35. The SMILES string of the molecule is CC1(C)CC(=O)C2=C(C1)OC(Nc1ccccc1)=C(C(=O)c1ccc(Cl)cc1Cl)C2c1ccc2c(c1)OCO2. The third-order valence-corrected chi connectivity index (χ3v) is 7.66. The summed E-state index contributed by atoms with van der Waals surface area (Å²) in [4.78, 5) is 28.1. The number of rotatable bonds is 5. The zero-order chi connectivity index (χ0) is 27.3. The van der Waals surface area contributed by atoms with Crippen molar-refractivity contribution in [2.45, 2.75) is 32.6 Å².